The third kappa shape index (κ3) is 3.49. The first-order valence-electron chi connectivity index (χ1n) is 5.07. The van der Waals surface area contributed by atoms with Crippen molar-refractivity contribution in [1.29, 1.82) is 0 Å². The van der Waals surface area contributed by atoms with E-state index < -0.39 is 0 Å². The summed E-state index contributed by atoms with van der Waals surface area (Å²) in [4.78, 5) is 14.0. The Hall–Kier alpha value is -0.540. The van der Waals surface area contributed by atoms with Crippen LogP contribution in [0.25, 0.3) is 0 Å². The summed E-state index contributed by atoms with van der Waals surface area (Å²) in [5.41, 5.74) is 1.61. The molecule has 0 aliphatic rings. The molecule has 0 spiro atoms. The van der Waals surface area contributed by atoms with Gasteiger partial charge in [-0.3, -0.25) is 4.79 Å². The molecule has 1 aromatic rings. The molecule has 0 bridgehead atoms. The summed E-state index contributed by atoms with van der Waals surface area (Å²) in [6.07, 6.45) is 0. The van der Waals surface area contributed by atoms with Crippen LogP contribution in [0.5, 0.6) is 0 Å². The molecule has 0 aliphatic heterocycles. The molecule has 1 atom stereocenters. The van der Waals surface area contributed by atoms with E-state index in [1.165, 1.54) is 0 Å². The standard InChI is InChI=1S/C12H15BrClNO/c1-8-4-5-10(11(14)6-8)12(16)15(3)7-9(2)13/h4-6,9H,7H2,1-3H3. The average Bonchev–Trinajstić information content (AvgIpc) is 2.15. The molecule has 0 saturated heterocycles. The monoisotopic (exact) mass is 303 g/mol. The number of hydrogen-bond acceptors (Lipinski definition) is 1. The Labute approximate surface area is 110 Å². The van der Waals surface area contributed by atoms with E-state index >= 15 is 0 Å². The Morgan fingerprint density at radius 2 is 2.19 bits per heavy atom. The van der Waals surface area contributed by atoms with E-state index in [4.69, 9.17) is 11.6 Å². The summed E-state index contributed by atoms with van der Waals surface area (Å²) < 4.78 is 0. The fraction of sp³-hybridized carbons (Fsp3) is 0.417. The van der Waals surface area contributed by atoms with Gasteiger partial charge in [0, 0.05) is 18.4 Å². The topological polar surface area (TPSA) is 20.3 Å². The lowest BCUT2D eigenvalue weighted by Crippen LogP contribution is -2.31. The van der Waals surface area contributed by atoms with Crippen molar-refractivity contribution in [3.05, 3.63) is 34.3 Å². The van der Waals surface area contributed by atoms with Crippen LogP contribution in [0.2, 0.25) is 5.02 Å². The molecule has 0 saturated carbocycles. The van der Waals surface area contributed by atoms with Gasteiger partial charge < -0.3 is 4.90 Å². The summed E-state index contributed by atoms with van der Waals surface area (Å²) >= 11 is 9.46. The number of amides is 1. The maximum Gasteiger partial charge on any atom is 0.255 e. The Bertz CT molecular complexity index is 393. The highest BCUT2D eigenvalue weighted by atomic mass is 79.9. The first kappa shape index (κ1) is 13.5. The van der Waals surface area contributed by atoms with Crippen molar-refractivity contribution < 1.29 is 4.79 Å². The van der Waals surface area contributed by atoms with Gasteiger partial charge in [0.15, 0.2) is 0 Å². The zero-order chi connectivity index (χ0) is 12.3. The minimum atomic E-state index is -0.0451. The normalized spacial score (nSPS) is 12.3. The molecule has 0 aromatic heterocycles. The Morgan fingerprint density at radius 1 is 1.56 bits per heavy atom. The first-order chi connectivity index (χ1) is 7.41. The molecule has 16 heavy (non-hydrogen) atoms. The highest BCUT2D eigenvalue weighted by Gasteiger charge is 2.15. The minimum absolute atomic E-state index is 0.0451. The van der Waals surface area contributed by atoms with Crippen LogP contribution in [-0.4, -0.2) is 29.2 Å². The van der Waals surface area contributed by atoms with Crippen LogP contribution in [0.15, 0.2) is 18.2 Å². The Morgan fingerprint density at radius 3 is 2.69 bits per heavy atom. The number of halogens is 2. The van der Waals surface area contributed by atoms with Crippen LogP contribution in [0, 0.1) is 6.92 Å². The molecule has 1 aromatic carbocycles. The molecular formula is C12H15BrClNO. The van der Waals surface area contributed by atoms with Gasteiger partial charge in [0.25, 0.3) is 5.91 Å². The lowest BCUT2D eigenvalue weighted by Gasteiger charge is -2.19. The molecule has 0 fully saturated rings. The fourth-order valence-corrected chi connectivity index (χ4v) is 2.21. The molecule has 2 nitrogen and oxygen atoms in total. The first-order valence-corrected chi connectivity index (χ1v) is 6.37. The molecule has 4 heteroatoms. The van der Waals surface area contributed by atoms with Gasteiger partial charge in [0.2, 0.25) is 0 Å². The lowest BCUT2D eigenvalue weighted by atomic mass is 10.1. The van der Waals surface area contributed by atoms with Gasteiger partial charge in [-0.2, -0.15) is 0 Å². The van der Waals surface area contributed by atoms with Gasteiger partial charge in [0.05, 0.1) is 10.6 Å². The van der Waals surface area contributed by atoms with Gasteiger partial charge in [0.1, 0.15) is 0 Å². The second-order valence-corrected chi connectivity index (χ2v) is 5.92. The van der Waals surface area contributed by atoms with E-state index in [2.05, 4.69) is 15.9 Å². The minimum Gasteiger partial charge on any atom is -0.341 e. The Balaban J connectivity index is 2.88. The third-order valence-corrected chi connectivity index (χ3v) is 2.83. The second kappa shape index (κ2) is 5.69. The van der Waals surface area contributed by atoms with Crippen molar-refractivity contribution in [2.24, 2.45) is 0 Å². The van der Waals surface area contributed by atoms with Crippen molar-refractivity contribution in [2.45, 2.75) is 18.7 Å². The summed E-state index contributed by atoms with van der Waals surface area (Å²) in [6, 6.07) is 5.47. The predicted molar refractivity (Wildman–Crippen MR) is 71.5 cm³/mol. The van der Waals surface area contributed by atoms with Crippen molar-refractivity contribution >= 4 is 33.4 Å². The van der Waals surface area contributed by atoms with Crippen molar-refractivity contribution in [3.8, 4) is 0 Å². The van der Waals surface area contributed by atoms with Crippen LogP contribution in [0.1, 0.15) is 22.8 Å². The van der Waals surface area contributed by atoms with E-state index in [1.54, 1.807) is 24.1 Å². The van der Waals surface area contributed by atoms with Gasteiger partial charge in [-0.05, 0) is 24.6 Å². The molecular weight excluding hydrogens is 289 g/mol. The average molecular weight is 305 g/mol. The zero-order valence-electron chi connectivity index (χ0n) is 9.63. The van der Waals surface area contributed by atoms with Crippen LogP contribution in [0.4, 0.5) is 0 Å². The van der Waals surface area contributed by atoms with Crippen LogP contribution >= 0.6 is 27.5 Å². The highest BCUT2D eigenvalue weighted by Crippen LogP contribution is 2.19. The molecule has 0 N–H and O–H groups in total. The fourth-order valence-electron chi connectivity index (χ4n) is 1.46. The van der Waals surface area contributed by atoms with Crippen molar-refractivity contribution in [3.63, 3.8) is 0 Å². The van der Waals surface area contributed by atoms with Gasteiger partial charge in [-0.25, -0.2) is 0 Å². The maximum atomic E-state index is 12.0. The SMILES string of the molecule is Cc1ccc(C(=O)N(C)CC(C)Br)c(Cl)c1. The van der Waals surface area contributed by atoms with E-state index in [1.807, 2.05) is 19.9 Å². The summed E-state index contributed by atoms with van der Waals surface area (Å²) in [5.74, 6) is -0.0451. The van der Waals surface area contributed by atoms with Crippen LogP contribution < -0.4 is 0 Å². The van der Waals surface area contributed by atoms with Crippen LogP contribution in [0.3, 0.4) is 0 Å². The molecule has 0 aliphatic carbocycles. The smallest absolute Gasteiger partial charge is 0.255 e. The maximum absolute atomic E-state index is 12.0. The summed E-state index contributed by atoms with van der Waals surface area (Å²) in [6.45, 7) is 4.61. The Kier molecular flexibility index (Phi) is 4.81. The number of alkyl halides is 1. The largest absolute Gasteiger partial charge is 0.341 e. The van der Waals surface area contributed by atoms with E-state index in [0.717, 1.165) is 5.56 Å². The zero-order valence-corrected chi connectivity index (χ0v) is 12.0. The van der Waals surface area contributed by atoms with Gasteiger partial charge in [-0.15, -0.1) is 0 Å². The second-order valence-electron chi connectivity index (χ2n) is 3.95. The highest BCUT2D eigenvalue weighted by molar-refractivity contribution is 9.09. The molecule has 1 unspecified atom stereocenters. The molecule has 0 radical (unpaired) electrons. The molecule has 0 heterocycles. The molecule has 1 amide bonds. The van der Waals surface area contributed by atoms with E-state index in [-0.39, 0.29) is 10.7 Å². The lowest BCUT2D eigenvalue weighted by molar-refractivity contribution is 0.0797. The van der Waals surface area contributed by atoms with Gasteiger partial charge >= 0.3 is 0 Å². The number of hydrogen-bond donors (Lipinski definition) is 0. The number of nitrogens with zero attached hydrogens (tertiary/aromatic N) is 1. The summed E-state index contributed by atoms with van der Waals surface area (Å²) in [7, 11) is 1.77. The number of rotatable bonds is 3. The number of carbonyl (C=O) groups excluding carboxylic acids is 1. The number of aryl methyl sites for hydroxylation is 1. The predicted octanol–water partition coefficient (Wildman–Crippen LogP) is 3.50. The van der Waals surface area contributed by atoms with Crippen LogP contribution in [-0.2, 0) is 0 Å². The summed E-state index contributed by atoms with van der Waals surface area (Å²) in [5, 5.41) is 0.513. The van der Waals surface area contributed by atoms with E-state index in [0.29, 0.717) is 17.1 Å². The molecule has 1 rings (SSSR count). The van der Waals surface area contributed by atoms with Gasteiger partial charge in [-0.1, -0.05) is 40.5 Å². The number of carbonyl (C=O) groups is 1. The number of benzene rings is 1. The quantitative estimate of drug-likeness (QED) is 0.783. The molecule has 88 valence electrons. The van der Waals surface area contributed by atoms with Crippen molar-refractivity contribution in [2.75, 3.05) is 13.6 Å². The van der Waals surface area contributed by atoms with E-state index in [9.17, 15) is 4.79 Å². The van der Waals surface area contributed by atoms with Crippen molar-refractivity contribution in [1.82, 2.24) is 4.90 Å². The third-order valence-electron chi connectivity index (χ3n) is 2.23.